The quantitative estimate of drug-likeness (QED) is 0.484. The van der Waals surface area contributed by atoms with E-state index in [9.17, 15) is 4.79 Å². The van der Waals surface area contributed by atoms with Crippen LogP contribution >= 0.6 is 20.2 Å². The van der Waals surface area contributed by atoms with Crippen LogP contribution in [0.3, 0.4) is 0 Å². The second kappa shape index (κ2) is 11.0. The van der Waals surface area contributed by atoms with Gasteiger partial charge >= 0.3 is 18.9 Å². The fraction of sp³-hybridized carbons (Fsp3) is 0.350. The van der Waals surface area contributed by atoms with Gasteiger partial charge in [-0.2, -0.15) is 0 Å². The zero-order valence-electron chi connectivity index (χ0n) is 15.6. The number of carbonyl (C=O) groups is 1. The average molecular weight is 403 g/mol. The standard InChI is InChI=1S/C20H24ClO4P.Li.H/c1-12(2)24-14-9-10-18(17(11-14)25-13(3)4)26-20(22)19-15(21)7-6-8-16(19)23-5;;/h6-13,26H,1-5H3;;. The van der Waals surface area contributed by atoms with Gasteiger partial charge in [-0.15, -0.1) is 0 Å². The molecule has 0 fully saturated rings. The van der Waals surface area contributed by atoms with Crippen LogP contribution in [0.4, 0.5) is 0 Å². The van der Waals surface area contributed by atoms with E-state index in [1.165, 1.54) is 7.11 Å². The van der Waals surface area contributed by atoms with Crippen molar-refractivity contribution in [3.63, 3.8) is 0 Å². The minimum absolute atomic E-state index is 0. The van der Waals surface area contributed by atoms with Crippen molar-refractivity contribution in [1.29, 1.82) is 0 Å². The Bertz CT molecular complexity index is 781. The Morgan fingerprint density at radius 1 is 1.00 bits per heavy atom. The van der Waals surface area contributed by atoms with E-state index in [4.69, 9.17) is 25.8 Å². The molecule has 142 valence electrons. The summed E-state index contributed by atoms with van der Waals surface area (Å²) in [5, 5.41) is 1.19. The van der Waals surface area contributed by atoms with Crippen molar-refractivity contribution in [2.75, 3.05) is 7.11 Å². The van der Waals surface area contributed by atoms with Crippen LogP contribution in [0.2, 0.25) is 5.02 Å². The van der Waals surface area contributed by atoms with Crippen molar-refractivity contribution < 1.29 is 19.0 Å². The minimum atomic E-state index is -0.142. The molecular weight excluding hydrogens is 378 g/mol. The Hall–Kier alpha value is -1.17. The predicted molar refractivity (Wildman–Crippen MR) is 115 cm³/mol. The van der Waals surface area contributed by atoms with Gasteiger partial charge in [0.25, 0.3) is 0 Å². The van der Waals surface area contributed by atoms with Crippen LogP contribution < -0.4 is 19.5 Å². The van der Waals surface area contributed by atoms with Crippen molar-refractivity contribution in [1.82, 2.24) is 0 Å². The fourth-order valence-corrected chi connectivity index (χ4v) is 3.76. The molecule has 0 saturated heterocycles. The number of rotatable bonds is 8. The second-order valence-electron chi connectivity index (χ2n) is 6.26. The summed E-state index contributed by atoms with van der Waals surface area (Å²) in [4.78, 5) is 12.9. The average Bonchev–Trinajstić information content (AvgIpc) is 2.55. The number of carbonyl (C=O) groups excluding carboxylic acids is 1. The molecule has 0 radical (unpaired) electrons. The Morgan fingerprint density at radius 3 is 2.26 bits per heavy atom. The molecule has 0 aliphatic rings. The topological polar surface area (TPSA) is 44.8 Å². The first-order valence-corrected chi connectivity index (χ1v) is 9.80. The molecule has 2 rings (SSSR count). The van der Waals surface area contributed by atoms with Gasteiger partial charge in [0.15, 0.2) is 5.52 Å². The number of halogens is 1. The number of benzene rings is 2. The summed E-state index contributed by atoms with van der Waals surface area (Å²) >= 11 is 6.23. The van der Waals surface area contributed by atoms with Crippen LogP contribution in [-0.4, -0.2) is 43.7 Å². The predicted octanol–water partition coefficient (Wildman–Crippen LogP) is 4.42. The molecule has 0 bridgehead atoms. The Labute approximate surface area is 179 Å². The van der Waals surface area contributed by atoms with E-state index in [2.05, 4.69) is 0 Å². The molecule has 4 nitrogen and oxygen atoms in total. The van der Waals surface area contributed by atoms with E-state index in [0.717, 1.165) is 5.30 Å². The van der Waals surface area contributed by atoms with E-state index >= 15 is 0 Å². The second-order valence-corrected chi connectivity index (χ2v) is 7.91. The van der Waals surface area contributed by atoms with Crippen molar-refractivity contribution in [2.45, 2.75) is 39.9 Å². The maximum atomic E-state index is 12.9. The summed E-state index contributed by atoms with van der Waals surface area (Å²) in [6, 6.07) is 10.7. The van der Waals surface area contributed by atoms with Crippen molar-refractivity contribution in [3.05, 3.63) is 47.0 Å². The molecule has 0 N–H and O–H groups in total. The van der Waals surface area contributed by atoms with Gasteiger partial charge in [0, 0.05) is 11.4 Å². The molecule has 0 aliphatic carbocycles. The van der Waals surface area contributed by atoms with Crippen LogP contribution in [0, 0.1) is 0 Å². The molecule has 7 heteroatoms. The van der Waals surface area contributed by atoms with Crippen LogP contribution in [-0.2, 0) is 0 Å². The monoisotopic (exact) mass is 402 g/mol. The molecule has 0 spiro atoms. The zero-order valence-corrected chi connectivity index (χ0v) is 17.4. The van der Waals surface area contributed by atoms with Gasteiger partial charge in [-0.3, -0.25) is 4.79 Å². The Kier molecular flexibility index (Phi) is 9.71. The van der Waals surface area contributed by atoms with Crippen LogP contribution in [0.15, 0.2) is 36.4 Å². The normalized spacial score (nSPS) is 11.0. The van der Waals surface area contributed by atoms with Gasteiger partial charge in [-0.05, 0) is 60.5 Å². The van der Waals surface area contributed by atoms with Gasteiger partial charge < -0.3 is 14.2 Å². The molecule has 0 saturated carbocycles. The summed E-state index contributed by atoms with van der Waals surface area (Å²) < 4.78 is 16.9. The van der Waals surface area contributed by atoms with Gasteiger partial charge in [0.05, 0.1) is 29.9 Å². The van der Waals surface area contributed by atoms with E-state index in [-0.39, 0.29) is 45.2 Å². The zero-order chi connectivity index (χ0) is 19.3. The van der Waals surface area contributed by atoms with E-state index < -0.39 is 0 Å². The summed E-state index contributed by atoms with van der Waals surface area (Å²) in [5.41, 5.74) is 0.298. The summed E-state index contributed by atoms with van der Waals surface area (Å²) in [6.45, 7) is 7.82. The molecule has 27 heavy (non-hydrogen) atoms. The summed E-state index contributed by atoms with van der Waals surface area (Å²) in [5.74, 6) is 1.84. The van der Waals surface area contributed by atoms with Gasteiger partial charge in [0.1, 0.15) is 17.2 Å². The molecule has 2 aromatic rings. The van der Waals surface area contributed by atoms with Gasteiger partial charge in [-0.25, -0.2) is 0 Å². The molecule has 0 aromatic heterocycles. The molecule has 0 aliphatic heterocycles. The van der Waals surface area contributed by atoms with Gasteiger partial charge in [-0.1, -0.05) is 17.7 Å². The maximum absolute atomic E-state index is 12.9. The molecule has 0 heterocycles. The Morgan fingerprint density at radius 2 is 1.67 bits per heavy atom. The summed E-state index contributed by atoms with van der Waals surface area (Å²) in [6.07, 6.45) is 0.0435. The van der Waals surface area contributed by atoms with E-state index in [1.807, 2.05) is 45.9 Å². The molecule has 1 unspecified atom stereocenters. The molecule has 0 amide bonds. The third-order valence-electron chi connectivity index (χ3n) is 3.36. The number of methoxy groups -OCH3 is 1. The first kappa shape index (κ1) is 23.9. The van der Waals surface area contributed by atoms with Crippen LogP contribution in [0.5, 0.6) is 17.2 Å². The third kappa shape index (κ3) is 6.74. The number of ether oxygens (including phenoxy) is 3. The van der Waals surface area contributed by atoms with E-state index in [1.54, 1.807) is 18.2 Å². The molecule has 2 aromatic carbocycles. The van der Waals surface area contributed by atoms with E-state index in [0.29, 0.717) is 27.8 Å². The van der Waals surface area contributed by atoms with Crippen LogP contribution in [0.25, 0.3) is 0 Å². The molecule has 1 atom stereocenters. The first-order chi connectivity index (χ1) is 12.3. The molecular formula is C20H25ClLiO4P. The number of hydrogen-bond donors (Lipinski definition) is 0. The SMILES string of the molecule is COc1cccc(Cl)c1C(=O)Pc1ccc(OC(C)C)cc1OC(C)C.[LiH]. The number of hydrogen-bond acceptors (Lipinski definition) is 4. The van der Waals surface area contributed by atoms with Crippen molar-refractivity contribution in [2.24, 2.45) is 0 Å². The van der Waals surface area contributed by atoms with Crippen molar-refractivity contribution >= 4 is 49.9 Å². The first-order valence-electron chi connectivity index (χ1n) is 8.43. The Balaban J connectivity index is 0.00000364. The third-order valence-corrected chi connectivity index (χ3v) is 4.83. The van der Waals surface area contributed by atoms with Crippen LogP contribution in [0.1, 0.15) is 38.1 Å². The van der Waals surface area contributed by atoms with Crippen molar-refractivity contribution in [3.8, 4) is 17.2 Å². The van der Waals surface area contributed by atoms with Gasteiger partial charge in [0.2, 0.25) is 0 Å². The summed E-state index contributed by atoms with van der Waals surface area (Å²) in [7, 11) is 1.38. The fourth-order valence-electron chi connectivity index (χ4n) is 2.38.